The molecule has 0 aliphatic carbocycles. The van der Waals surface area contributed by atoms with Gasteiger partial charge in [-0.1, -0.05) is 164 Å². The number of aliphatic carboxylic acids is 1. The zero-order chi connectivity index (χ0) is 40.5. The SMILES string of the molecule is CCCCCCCCN(CCCCCCCC)C[C@H]1C[C@@H](c2ccc(CO)cc2)O[C@@H](c2ccc(-c3ccccc3CNC(=O)CCCCCCC(=O)O)cc2)O1. The summed E-state index contributed by atoms with van der Waals surface area (Å²) < 4.78 is 13.6. The molecule has 0 bridgehead atoms. The zero-order valence-corrected chi connectivity index (χ0v) is 35.1. The van der Waals surface area contributed by atoms with Crippen molar-refractivity contribution < 1.29 is 29.3 Å². The summed E-state index contributed by atoms with van der Waals surface area (Å²) in [6.45, 7) is 8.10. The van der Waals surface area contributed by atoms with Gasteiger partial charge in [-0.3, -0.25) is 9.59 Å². The van der Waals surface area contributed by atoms with E-state index in [0.717, 1.165) is 78.7 Å². The molecule has 1 saturated heterocycles. The summed E-state index contributed by atoms with van der Waals surface area (Å²) in [5.41, 5.74) is 6.16. The van der Waals surface area contributed by atoms with E-state index in [0.29, 0.717) is 19.4 Å². The fraction of sp³-hybridized carbons (Fsp3) is 0.592. The second kappa shape index (κ2) is 27.2. The van der Waals surface area contributed by atoms with Crippen LogP contribution in [0.25, 0.3) is 11.1 Å². The third kappa shape index (κ3) is 17.4. The molecule has 1 aliphatic heterocycles. The van der Waals surface area contributed by atoms with E-state index in [-0.39, 0.29) is 31.1 Å². The Morgan fingerprint density at radius 1 is 0.684 bits per heavy atom. The Bertz CT molecular complexity index is 1530. The second-order valence-corrected chi connectivity index (χ2v) is 16.1. The maximum atomic E-state index is 12.6. The first kappa shape index (κ1) is 46.1. The van der Waals surface area contributed by atoms with Crippen LogP contribution < -0.4 is 5.32 Å². The molecule has 0 saturated carbocycles. The molecule has 4 rings (SSSR count). The Morgan fingerprint density at radius 2 is 1.26 bits per heavy atom. The lowest BCUT2D eigenvalue weighted by Gasteiger charge is -2.38. The van der Waals surface area contributed by atoms with Crippen LogP contribution in [0.15, 0.2) is 72.8 Å². The highest BCUT2D eigenvalue weighted by atomic mass is 16.7. The van der Waals surface area contributed by atoms with Crippen molar-refractivity contribution in [2.24, 2.45) is 0 Å². The van der Waals surface area contributed by atoms with Gasteiger partial charge in [-0.05, 0) is 66.6 Å². The quantitative estimate of drug-likeness (QED) is 0.0602. The average Bonchev–Trinajstić information content (AvgIpc) is 3.23. The van der Waals surface area contributed by atoms with Crippen LogP contribution in [0, 0.1) is 0 Å². The molecule has 1 heterocycles. The van der Waals surface area contributed by atoms with Crippen LogP contribution in [-0.4, -0.2) is 52.7 Å². The Balaban J connectivity index is 1.43. The number of nitrogens with one attached hydrogen (secondary N) is 1. The number of hydrogen-bond acceptors (Lipinski definition) is 6. The van der Waals surface area contributed by atoms with Crippen molar-refractivity contribution in [2.75, 3.05) is 19.6 Å². The van der Waals surface area contributed by atoms with Gasteiger partial charge in [0.15, 0.2) is 6.29 Å². The summed E-state index contributed by atoms with van der Waals surface area (Å²) in [5, 5.41) is 21.6. The summed E-state index contributed by atoms with van der Waals surface area (Å²) in [4.78, 5) is 26.0. The van der Waals surface area contributed by atoms with Crippen LogP contribution >= 0.6 is 0 Å². The van der Waals surface area contributed by atoms with Gasteiger partial charge in [0.1, 0.15) is 0 Å². The lowest BCUT2D eigenvalue weighted by Crippen LogP contribution is -2.40. The van der Waals surface area contributed by atoms with Crippen LogP contribution in [0.5, 0.6) is 0 Å². The molecule has 0 spiro atoms. The molecule has 1 aliphatic rings. The summed E-state index contributed by atoms with van der Waals surface area (Å²) >= 11 is 0. The molecule has 0 aromatic heterocycles. The van der Waals surface area contributed by atoms with Gasteiger partial charge in [-0.25, -0.2) is 0 Å². The number of rotatable bonds is 29. The van der Waals surface area contributed by atoms with Gasteiger partial charge < -0.3 is 29.9 Å². The normalized spacial score (nSPS) is 16.9. The highest BCUT2D eigenvalue weighted by Crippen LogP contribution is 2.39. The first-order chi connectivity index (χ1) is 27.9. The highest BCUT2D eigenvalue weighted by molar-refractivity contribution is 5.76. The van der Waals surface area contributed by atoms with Crippen LogP contribution in [0.4, 0.5) is 0 Å². The summed E-state index contributed by atoms with van der Waals surface area (Å²) in [5.74, 6) is -0.757. The Morgan fingerprint density at radius 3 is 1.89 bits per heavy atom. The fourth-order valence-corrected chi connectivity index (χ4v) is 7.82. The van der Waals surface area contributed by atoms with Gasteiger partial charge in [-0.15, -0.1) is 0 Å². The van der Waals surface area contributed by atoms with Gasteiger partial charge in [0.05, 0.1) is 18.8 Å². The number of aliphatic hydroxyl groups is 1. The first-order valence-electron chi connectivity index (χ1n) is 22.3. The molecule has 3 N–H and O–H groups in total. The molecular formula is C49H72N2O6. The van der Waals surface area contributed by atoms with Crippen LogP contribution in [0.1, 0.15) is 170 Å². The van der Waals surface area contributed by atoms with Crippen molar-refractivity contribution in [2.45, 2.75) is 167 Å². The topological polar surface area (TPSA) is 108 Å². The van der Waals surface area contributed by atoms with Crippen LogP contribution in [0.2, 0.25) is 0 Å². The molecule has 1 amide bonds. The Hall–Kier alpha value is -3.56. The summed E-state index contributed by atoms with van der Waals surface area (Å²) in [7, 11) is 0. The number of hydrogen-bond donors (Lipinski definition) is 3. The van der Waals surface area contributed by atoms with Crippen LogP contribution in [-0.2, 0) is 32.2 Å². The largest absolute Gasteiger partial charge is 0.481 e. The average molecular weight is 785 g/mol. The molecule has 3 aromatic carbocycles. The van der Waals surface area contributed by atoms with Gasteiger partial charge >= 0.3 is 5.97 Å². The number of carboxylic acid groups (broad SMARTS) is 1. The van der Waals surface area contributed by atoms with Crippen molar-refractivity contribution in [1.82, 2.24) is 10.2 Å². The molecule has 314 valence electrons. The molecule has 1 fully saturated rings. The van der Waals surface area contributed by atoms with E-state index >= 15 is 0 Å². The molecular weight excluding hydrogens is 713 g/mol. The monoisotopic (exact) mass is 785 g/mol. The molecule has 0 radical (unpaired) electrons. The summed E-state index contributed by atoms with van der Waals surface area (Å²) in [6, 6.07) is 24.8. The van der Waals surface area contributed by atoms with E-state index in [1.165, 1.54) is 77.0 Å². The fourth-order valence-electron chi connectivity index (χ4n) is 7.82. The van der Waals surface area contributed by atoms with Crippen LogP contribution in [0.3, 0.4) is 0 Å². The predicted octanol–water partition coefficient (Wildman–Crippen LogP) is 11.5. The number of aliphatic hydroxyl groups excluding tert-OH is 1. The summed E-state index contributed by atoms with van der Waals surface area (Å²) in [6.07, 6.45) is 19.4. The smallest absolute Gasteiger partial charge is 0.303 e. The van der Waals surface area contributed by atoms with Crippen molar-refractivity contribution >= 4 is 11.9 Å². The predicted molar refractivity (Wildman–Crippen MR) is 231 cm³/mol. The number of nitrogens with zero attached hydrogens (tertiary/aromatic N) is 1. The molecule has 8 nitrogen and oxygen atoms in total. The van der Waals surface area contributed by atoms with E-state index < -0.39 is 12.3 Å². The van der Waals surface area contributed by atoms with Crippen molar-refractivity contribution in [1.29, 1.82) is 0 Å². The molecule has 3 atom stereocenters. The number of benzene rings is 3. The molecule has 57 heavy (non-hydrogen) atoms. The molecule has 0 unspecified atom stereocenters. The van der Waals surface area contributed by atoms with E-state index in [4.69, 9.17) is 14.6 Å². The number of ether oxygens (including phenoxy) is 2. The van der Waals surface area contributed by atoms with Gasteiger partial charge in [-0.2, -0.15) is 0 Å². The third-order valence-corrected chi connectivity index (χ3v) is 11.3. The minimum absolute atomic E-state index is 0.0117. The van der Waals surface area contributed by atoms with Crippen molar-refractivity contribution in [3.05, 3.63) is 95.1 Å². The lowest BCUT2D eigenvalue weighted by atomic mass is 9.97. The number of carbonyl (C=O) groups excluding carboxylic acids is 1. The minimum atomic E-state index is -0.768. The molecule has 3 aromatic rings. The van der Waals surface area contributed by atoms with E-state index in [2.05, 4.69) is 72.6 Å². The van der Waals surface area contributed by atoms with Crippen molar-refractivity contribution in [3.63, 3.8) is 0 Å². The number of unbranched alkanes of at least 4 members (excludes halogenated alkanes) is 13. The Labute approximate surface area is 343 Å². The number of carboxylic acids is 1. The minimum Gasteiger partial charge on any atom is -0.481 e. The number of carbonyl (C=O) groups is 2. The van der Waals surface area contributed by atoms with E-state index in [1.54, 1.807) is 0 Å². The van der Waals surface area contributed by atoms with Gasteiger partial charge in [0, 0.05) is 37.9 Å². The van der Waals surface area contributed by atoms with Crippen molar-refractivity contribution in [3.8, 4) is 11.1 Å². The lowest BCUT2D eigenvalue weighted by molar-refractivity contribution is -0.253. The maximum absolute atomic E-state index is 12.6. The Kier molecular flexibility index (Phi) is 22.0. The molecule has 8 heteroatoms. The van der Waals surface area contributed by atoms with Gasteiger partial charge in [0.25, 0.3) is 0 Å². The third-order valence-electron chi connectivity index (χ3n) is 11.3. The zero-order valence-electron chi connectivity index (χ0n) is 35.1. The maximum Gasteiger partial charge on any atom is 0.303 e. The van der Waals surface area contributed by atoms with E-state index in [9.17, 15) is 14.7 Å². The van der Waals surface area contributed by atoms with Gasteiger partial charge in [0.2, 0.25) is 5.91 Å². The first-order valence-corrected chi connectivity index (χ1v) is 22.3. The second-order valence-electron chi connectivity index (χ2n) is 16.1. The standard InChI is InChI=1S/C49H72N2O6/c1-3-5-7-9-13-19-33-51(34-20-14-10-8-6-4-2)37-44-35-46(41-27-25-39(38-52)26-28-41)57-49(56-44)42-31-29-40(30-32-42)45-22-18-17-21-43(45)36-50-47(53)23-15-11-12-16-24-48(54)55/h17-18,21-22,25-32,44,46,49,52H,3-16,19-20,23-24,33-38H2,1-2H3,(H,50,53)(H,54,55)/t44-,46+,49+/m1/s1. The number of amides is 1. The highest BCUT2D eigenvalue weighted by Gasteiger charge is 2.33. The van der Waals surface area contributed by atoms with E-state index in [1.807, 2.05) is 24.3 Å².